The molecule has 1 aliphatic heterocycles. The largest absolute Gasteiger partial charge is 0.502 e. The summed E-state index contributed by atoms with van der Waals surface area (Å²) in [6.07, 6.45) is 0.236. The van der Waals surface area contributed by atoms with E-state index in [0.717, 1.165) is 0 Å². The summed E-state index contributed by atoms with van der Waals surface area (Å²) in [5, 5.41) is 11.8. The van der Waals surface area contributed by atoms with Crippen LogP contribution in [0.1, 0.15) is 34.0 Å². The normalized spacial score (nSPS) is 21.4. The summed E-state index contributed by atoms with van der Waals surface area (Å²) in [5.41, 5.74) is 0.136. The van der Waals surface area contributed by atoms with Crippen molar-refractivity contribution in [3.8, 4) is 0 Å². The zero-order valence-corrected chi connectivity index (χ0v) is 15.9. The van der Waals surface area contributed by atoms with Gasteiger partial charge in [0.05, 0.1) is 21.0 Å². The van der Waals surface area contributed by atoms with Crippen molar-refractivity contribution in [2.24, 2.45) is 0 Å². The SMILES string of the molecule is CC1(c2ccc(F)cc2)Cc2cc(C3=C(O)C(=O)NC3=O)c(Cl)c(Cl)c2C1=O. The lowest BCUT2D eigenvalue weighted by molar-refractivity contribution is -0.124. The molecule has 5 nitrogen and oxygen atoms in total. The number of aliphatic hydroxyl groups excluding tert-OH is 1. The van der Waals surface area contributed by atoms with E-state index in [1.165, 1.54) is 30.3 Å². The molecule has 2 aromatic rings. The average molecular weight is 420 g/mol. The van der Waals surface area contributed by atoms with Crippen molar-refractivity contribution in [1.29, 1.82) is 0 Å². The Balaban J connectivity index is 1.88. The topological polar surface area (TPSA) is 83.5 Å². The molecule has 0 saturated carbocycles. The number of amides is 2. The number of hydrogen-bond donors (Lipinski definition) is 2. The van der Waals surface area contributed by atoms with Crippen LogP contribution in [0.15, 0.2) is 36.1 Å². The lowest BCUT2D eigenvalue weighted by Crippen LogP contribution is -2.29. The van der Waals surface area contributed by atoms with Crippen molar-refractivity contribution in [2.75, 3.05) is 0 Å². The van der Waals surface area contributed by atoms with Gasteiger partial charge in [-0.15, -0.1) is 0 Å². The first-order valence-electron chi connectivity index (χ1n) is 8.26. The highest BCUT2D eigenvalue weighted by Crippen LogP contribution is 2.47. The van der Waals surface area contributed by atoms with Crippen LogP contribution in [0.25, 0.3) is 5.57 Å². The molecule has 0 saturated heterocycles. The number of carbonyl (C=O) groups is 3. The number of imide groups is 1. The fourth-order valence-electron chi connectivity index (χ4n) is 3.73. The van der Waals surface area contributed by atoms with E-state index in [0.29, 0.717) is 11.1 Å². The molecule has 0 aromatic heterocycles. The fourth-order valence-corrected chi connectivity index (χ4v) is 4.28. The number of ketones is 1. The Kier molecular flexibility index (Phi) is 4.10. The van der Waals surface area contributed by atoms with Crippen LogP contribution < -0.4 is 5.32 Å². The standard InChI is InChI=1S/C20H12Cl2FNO4/c1-20(9-2-4-10(23)5-3-9)7-8-6-11(13-16(25)19(28)24-18(13)27)14(21)15(22)12(8)17(20)26/h2-6H,7H2,1H3,(H2,24,25,27,28). The summed E-state index contributed by atoms with van der Waals surface area (Å²) < 4.78 is 13.3. The first-order chi connectivity index (χ1) is 13.1. The van der Waals surface area contributed by atoms with E-state index in [1.54, 1.807) is 6.92 Å². The maximum absolute atomic E-state index is 13.3. The Morgan fingerprint density at radius 2 is 1.71 bits per heavy atom. The Morgan fingerprint density at radius 3 is 2.29 bits per heavy atom. The number of aliphatic hydroxyl groups is 1. The molecule has 0 fully saturated rings. The van der Waals surface area contributed by atoms with E-state index in [2.05, 4.69) is 0 Å². The molecule has 1 aliphatic carbocycles. The quantitative estimate of drug-likeness (QED) is 0.725. The van der Waals surface area contributed by atoms with Gasteiger partial charge in [-0.3, -0.25) is 19.7 Å². The maximum Gasteiger partial charge on any atom is 0.293 e. The van der Waals surface area contributed by atoms with E-state index in [4.69, 9.17) is 23.2 Å². The Bertz CT molecular complexity index is 1120. The number of halogens is 3. The highest BCUT2D eigenvalue weighted by molar-refractivity contribution is 6.47. The number of Topliss-reactive ketones (excluding diaryl/α,β-unsaturated/α-hetero) is 1. The van der Waals surface area contributed by atoms with Gasteiger partial charge in [-0.2, -0.15) is 0 Å². The van der Waals surface area contributed by atoms with Crippen molar-refractivity contribution in [1.82, 2.24) is 5.32 Å². The first-order valence-corrected chi connectivity index (χ1v) is 9.01. The minimum Gasteiger partial charge on any atom is -0.502 e. The van der Waals surface area contributed by atoms with E-state index in [9.17, 15) is 23.9 Å². The third kappa shape index (κ3) is 2.48. The summed E-state index contributed by atoms with van der Waals surface area (Å²) in [6.45, 7) is 1.72. The zero-order chi connectivity index (χ0) is 20.4. The summed E-state index contributed by atoms with van der Waals surface area (Å²) in [7, 11) is 0. The molecule has 4 rings (SSSR count). The number of fused-ring (bicyclic) bond motifs is 1. The van der Waals surface area contributed by atoms with Crippen molar-refractivity contribution in [2.45, 2.75) is 18.8 Å². The molecule has 0 spiro atoms. The van der Waals surface area contributed by atoms with Crippen LogP contribution >= 0.6 is 23.2 Å². The minimum absolute atomic E-state index is 0.0579. The van der Waals surface area contributed by atoms with Crippen molar-refractivity contribution < 1.29 is 23.9 Å². The summed E-state index contributed by atoms with van der Waals surface area (Å²) in [5.74, 6) is -3.19. The van der Waals surface area contributed by atoms with Gasteiger partial charge in [0.15, 0.2) is 11.5 Å². The third-order valence-electron chi connectivity index (χ3n) is 5.22. The summed E-state index contributed by atoms with van der Waals surface area (Å²) in [4.78, 5) is 36.8. The first kappa shape index (κ1) is 18.7. The van der Waals surface area contributed by atoms with Gasteiger partial charge in [0.1, 0.15) is 5.82 Å². The average Bonchev–Trinajstić information content (AvgIpc) is 3.05. The Morgan fingerprint density at radius 1 is 1.07 bits per heavy atom. The lowest BCUT2D eigenvalue weighted by Gasteiger charge is -2.22. The molecule has 28 heavy (non-hydrogen) atoms. The third-order valence-corrected chi connectivity index (χ3v) is 6.08. The minimum atomic E-state index is -0.994. The van der Waals surface area contributed by atoms with Crippen LogP contribution in [0, 0.1) is 5.82 Å². The number of nitrogens with one attached hydrogen (secondary N) is 1. The van der Waals surface area contributed by atoms with Crippen LogP contribution in [0.4, 0.5) is 4.39 Å². The molecule has 1 atom stereocenters. The second-order valence-electron chi connectivity index (χ2n) is 6.94. The van der Waals surface area contributed by atoms with Crippen molar-refractivity contribution in [3.63, 3.8) is 0 Å². The van der Waals surface area contributed by atoms with E-state index in [-0.39, 0.29) is 38.9 Å². The number of rotatable bonds is 2. The van der Waals surface area contributed by atoms with Gasteiger partial charge in [0.25, 0.3) is 11.8 Å². The molecular formula is C20H12Cl2FNO4. The fraction of sp³-hybridized carbons (Fsp3) is 0.150. The van der Waals surface area contributed by atoms with Crippen molar-refractivity contribution >= 4 is 46.4 Å². The molecule has 1 heterocycles. The molecule has 1 unspecified atom stereocenters. The van der Waals surface area contributed by atoms with Gasteiger partial charge in [-0.1, -0.05) is 35.3 Å². The molecular weight excluding hydrogens is 408 g/mol. The van der Waals surface area contributed by atoms with Gasteiger partial charge in [0, 0.05) is 11.1 Å². The van der Waals surface area contributed by atoms with Crippen LogP contribution in [0.5, 0.6) is 0 Å². The highest BCUT2D eigenvalue weighted by Gasteiger charge is 2.45. The molecule has 2 aliphatic rings. The summed E-state index contributed by atoms with van der Waals surface area (Å²) in [6, 6.07) is 7.10. The second-order valence-corrected chi connectivity index (χ2v) is 7.69. The smallest absolute Gasteiger partial charge is 0.293 e. The van der Waals surface area contributed by atoms with E-state index < -0.39 is 28.8 Å². The molecule has 2 N–H and O–H groups in total. The van der Waals surface area contributed by atoms with E-state index in [1.807, 2.05) is 5.32 Å². The molecule has 8 heteroatoms. The molecule has 2 amide bonds. The van der Waals surface area contributed by atoms with Crippen LogP contribution in [-0.2, 0) is 21.4 Å². The van der Waals surface area contributed by atoms with Crippen LogP contribution in [-0.4, -0.2) is 22.7 Å². The molecule has 0 bridgehead atoms. The lowest BCUT2D eigenvalue weighted by atomic mass is 9.79. The summed E-state index contributed by atoms with van der Waals surface area (Å²) >= 11 is 12.6. The van der Waals surface area contributed by atoms with E-state index >= 15 is 0 Å². The number of hydrogen-bond acceptors (Lipinski definition) is 4. The zero-order valence-electron chi connectivity index (χ0n) is 14.4. The predicted octanol–water partition coefficient (Wildman–Crippen LogP) is 3.75. The Labute approximate surface area is 168 Å². The maximum atomic E-state index is 13.3. The second kappa shape index (κ2) is 6.15. The number of carbonyl (C=O) groups excluding carboxylic acids is 3. The van der Waals surface area contributed by atoms with Crippen LogP contribution in [0.3, 0.4) is 0 Å². The predicted molar refractivity (Wildman–Crippen MR) is 101 cm³/mol. The van der Waals surface area contributed by atoms with Gasteiger partial charge in [-0.25, -0.2) is 4.39 Å². The van der Waals surface area contributed by atoms with Crippen molar-refractivity contribution in [3.05, 3.63) is 74.2 Å². The van der Waals surface area contributed by atoms with Gasteiger partial charge in [-0.05, 0) is 42.7 Å². The monoisotopic (exact) mass is 419 g/mol. The van der Waals surface area contributed by atoms with Gasteiger partial charge < -0.3 is 5.11 Å². The number of benzene rings is 2. The Hall–Kier alpha value is -2.70. The van der Waals surface area contributed by atoms with Gasteiger partial charge in [0.2, 0.25) is 0 Å². The van der Waals surface area contributed by atoms with Gasteiger partial charge >= 0.3 is 0 Å². The molecule has 142 valence electrons. The van der Waals surface area contributed by atoms with Crippen LogP contribution in [0.2, 0.25) is 10.0 Å². The molecule has 0 radical (unpaired) electrons. The molecule has 2 aromatic carbocycles. The highest BCUT2D eigenvalue weighted by atomic mass is 35.5.